The normalized spacial score (nSPS) is 53.8. The number of rotatable bonds is 2. The van der Waals surface area contributed by atoms with Crippen LogP contribution in [0, 0.1) is 34.5 Å². The van der Waals surface area contributed by atoms with Gasteiger partial charge in [0.05, 0.1) is 12.2 Å². The van der Waals surface area contributed by atoms with Gasteiger partial charge in [-0.1, -0.05) is 26.7 Å². The Kier molecular flexibility index (Phi) is 6.16. The Hall–Kier alpha value is -0.160. The minimum atomic E-state index is -0.138. The number of likely N-dealkylation sites (tertiary alicyclic amines) is 2. The van der Waals surface area contributed by atoms with Gasteiger partial charge in [0.25, 0.3) is 0 Å². The van der Waals surface area contributed by atoms with Crippen molar-refractivity contribution in [1.29, 1.82) is 0 Å². The standard InChI is InChI=1S/C29H50N2O2/c1-28-12-11-22-21(23(28)18-24(27(28)33)30-13-5-3-6-14-30)10-9-20-17-26(32)25(19-29(20,22)2)31-15-7-4-8-16-31/h20-27,32-33H,3-19H2,1-2H3/t20?,21?,22?,23?,24?,25?,26?,27?,28-,29-/m0/s1. The second-order valence-electron chi connectivity index (χ2n) is 13.7. The van der Waals surface area contributed by atoms with E-state index in [1.807, 2.05) is 0 Å². The Balaban J connectivity index is 1.24. The average molecular weight is 459 g/mol. The van der Waals surface area contributed by atoms with Gasteiger partial charge in [-0.3, -0.25) is 9.80 Å². The maximum Gasteiger partial charge on any atom is 0.0751 e. The lowest BCUT2D eigenvalue weighted by Gasteiger charge is -2.62. The Morgan fingerprint density at radius 3 is 1.97 bits per heavy atom. The fraction of sp³-hybridized carbons (Fsp3) is 1.00. The third-order valence-corrected chi connectivity index (χ3v) is 12.4. The molecule has 0 spiro atoms. The smallest absolute Gasteiger partial charge is 0.0751 e. The first-order chi connectivity index (χ1) is 15.9. The molecule has 0 radical (unpaired) electrons. The maximum atomic E-state index is 11.6. The van der Waals surface area contributed by atoms with E-state index < -0.39 is 0 Å². The molecule has 4 aliphatic carbocycles. The number of hydrogen-bond donors (Lipinski definition) is 2. The predicted molar refractivity (Wildman–Crippen MR) is 133 cm³/mol. The predicted octanol–water partition coefficient (Wildman–Crippen LogP) is 4.68. The minimum Gasteiger partial charge on any atom is -0.391 e. The van der Waals surface area contributed by atoms with Crippen LogP contribution in [0.2, 0.25) is 0 Å². The lowest BCUT2D eigenvalue weighted by molar-refractivity contribution is -0.154. The van der Waals surface area contributed by atoms with Crippen molar-refractivity contribution in [2.75, 3.05) is 26.2 Å². The van der Waals surface area contributed by atoms with Crippen LogP contribution >= 0.6 is 0 Å². The first-order valence-corrected chi connectivity index (χ1v) is 14.8. The Bertz CT molecular complexity index is 704. The summed E-state index contributed by atoms with van der Waals surface area (Å²) in [6.07, 6.45) is 16.4. The summed E-state index contributed by atoms with van der Waals surface area (Å²) in [6, 6.07) is 0.785. The summed E-state index contributed by atoms with van der Waals surface area (Å²) >= 11 is 0. The van der Waals surface area contributed by atoms with Crippen molar-refractivity contribution in [2.45, 2.75) is 122 Å². The van der Waals surface area contributed by atoms with Gasteiger partial charge in [0.15, 0.2) is 0 Å². The second kappa shape index (κ2) is 8.75. The van der Waals surface area contributed by atoms with E-state index in [-0.39, 0.29) is 17.6 Å². The summed E-state index contributed by atoms with van der Waals surface area (Å²) in [6.45, 7) is 9.88. The van der Waals surface area contributed by atoms with E-state index in [1.54, 1.807) is 0 Å². The fourth-order valence-electron chi connectivity index (χ4n) is 10.5. The first-order valence-electron chi connectivity index (χ1n) is 14.8. The quantitative estimate of drug-likeness (QED) is 0.631. The van der Waals surface area contributed by atoms with Crippen molar-refractivity contribution in [3.8, 4) is 0 Å². The van der Waals surface area contributed by atoms with Gasteiger partial charge in [-0.2, -0.15) is 0 Å². The van der Waals surface area contributed by atoms with Crippen LogP contribution in [-0.2, 0) is 0 Å². The number of aliphatic hydroxyl groups is 2. The van der Waals surface area contributed by atoms with Crippen LogP contribution in [0.15, 0.2) is 0 Å². The highest BCUT2D eigenvalue weighted by Gasteiger charge is 2.63. The molecule has 10 atom stereocenters. The second-order valence-corrected chi connectivity index (χ2v) is 13.7. The highest BCUT2D eigenvalue weighted by atomic mass is 16.3. The lowest BCUT2D eigenvalue weighted by atomic mass is 9.44. The van der Waals surface area contributed by atoms with Gasteiger partial charge < -0.3 is 10.2 Å². The van der Waals surface area contributed by atoms with Gasteiger partial charge in [-0.15, -0.1) is 0 Å². The molecule has 33 heavy (non-hydrogen) atoms. The fourth-order valence-corrected chi connectivity index (χ4v) is 10.5. The zero-order chi connectivity index (χ0) is 22.8. The third kappa shape index (κ3) is 3.67. The number of fused-ring (bicyclic) bond motifs is 5. The van der Waals surface area contributed by atoms with E-state index in [4.69, 9.17) is 0 Å². The van der Waals surface area contributed by atoms with E-state index in [9.17, 15) is 10.2 Å². The van der Waals surface area contributed by atoms with Gasteiger partial charge in [0.2, 0.25) is 0 Å². The van der Waals surface area contributed by atoms with Crippen LogP contribution in [0.5, 0.6) is 0 Å². The maximum absolute atomic E-state index is 11.6. The third-order valence-electron chi connectivity index (χ3n) is 12.4. The van der Waals surface area contributed by atoms with E-state index in [0.29, 0.717) is 29.3 Å². The summed E-state index contributed by atoms with van der Waals surface area (Å²) in [5, 5.41) is 22.8. The molecule has 2 aliphatic heterocycles. The molecule has 6 aliphatic rings. The van der Waals surface area contributed by atoms with Crippen LogP contribution < -0.4 is 0 Å². The molecule has 0 amide bonds. The molecule has 2 heterocycles. The van der Waals surface area contributed by atoms with Crippen LogP contribution in [-0.4, -0.2) is 70.5 Å². The molecule has 6 rings (SSSR count). The number of nitrogens with zero attached hydrogens (tertiary/aromatic N) is 2. The summed E-state index contributed by atoms with van der Waals surface area (Å²) in [7, 11) is 0. The molecule has 0 aromatic heterocycles. The number of piperidine rings is 2. The number of hydrogen-bond acceptors (Lipinski definition) is 4. The Morgan fingerprint density at radius 2 is 1.30 bits per heavy atom. The topological polar surface area (TPSA) is 46.9 Å². The summed E-state index contributed by atoms with van der Waals surface area (Å²) in [4.78, 5) is 5.33. The molecule has 2 saturated heterocycles. The molecular formula is C29H50N2O2. The van der Waals surface area contributed by atoms with Crippen LogP contribution in [0.25, 0.3) is 0 Å². The van der Waals surface area contributed by atoms with Crippen molar-refractivity contribution < 1.29 is 10.2 Å². The molecule has 188 valence electrons. The number of aliphatic hydroxyl groups excluding tert-OH is 2. The van der Waals surface area contributed by atoms with Gasteiger partial charge in [0, 0.05) is 12.1 Å². The van der Waals surface area contributed by atoms with Crippen LogP contribution in [0.1, 0.15) is 97.3 Å². The van der Waals surface area contributed by atoms with Crippen LogP contribution in [0.4, 0.5) is 0 Å². The SMILES string of the molecule is C[C@]12CC(N3CCCCC3)C(O)CC1CCC1C2CC[C@]2(C)C(O)C(N3CCCCC3)CC12. The van der Waals surface area contributed by atoms with Crippen molar-refractivity contribution in [3.05, 3.63) is 0 Å². The van der Waals surface area contributed by atoms with E-state index >= 15 is 0 Å². The van der Waals surface area contributed by atoms with E-state index in [0.717, 1.165) is 18.3 Å². The molecule has 8 unspecified atom stereocenters. The monoisotopic (exact) mass is 458 g/mol. The molecule has 0 aromatic rings. The summed E-state index contributed by atoms with van der Waals surface area (Å²) in [5.74, 6) is 2.97. The Morgan fingerprint density at radius 1 is 0.667 bits per heavy atom. The minimum absolute atomic E-state index is 0.118. The van der Waals surface area contributed by atoms with Crippen molar-refractivity contribution in [3.63, 3.8) is 0 Å². The van der Waals surface area contributed by atoms with Gasteiger partial charge >= 0.3 is 0 Å². The van der Waals surface area contributed by atoms with Crippen molar-refractivity contribution in [1.82, 2.24) is 9.80 Å². The highest BCUT2D eigenvalue weighted by Crippen LogP contribution is 2.66. The molecular weight excluding hydrogens is 408 g/mol. The molecule has 6 fully saturated rings. The highest BCUT2D eigenvalue weighted by molar-refractivity contribution is 5.14. The van der Waals surface area contributed by atoms with Crippen LogP contribution in [0.3, 0.4) is 0 Å². The molecule has 0 aromatic carbocycles. The zero-order valence-corrected chi connectivity index (χ0v) is 21.4. The molecule has 4 nitrogen and oxygen atoms in total. The molecule has 2 N–H and O–H groups in total. The molecule has 0 bridgehead atoms. The lowest BCUT2D eigenvalue weighted by Crippen LogP contribution is -2.60. The van der Waals surface area contributed by atoms with Gasteiger partial charge in [0.1, 0.15) is 0 Å². The molecule has 4 heteroatoms. The van der Waals surface area contributed by atoms with E-state index in [2.05, 4.69) is 23.6 Å². The van der Waals surface area contributed by atoms with Gasteiger partial charge in [-0.05, 0) is 131 Å². The first kappa shape index (κ1) is 23.3. The zero-order valence-electron chi connectivity index (χ0n) is 21.4. The molecule has 4 saturated carbocycles. The van der Waals surface area contributed by atoms with E-state index in [1.165, 1.54) is 103 Å². The van der Waals surface area contributed by atoms with Gasteiger partial charge in [-0.25, -0.2) is 0 Å². The Labute approximate surface area is 202 Å². The van der Waals surface area contributed by atoms with Crippen molar-refractivity contribution >= 4 is 0 Å². The summed E-state index contributed by atoms with van der Waals surface area (Å²) < 4.78 is 0. The average Bonchev–Trinajstić information content (AvgIpc) is 3.11. The largest absolute Gasteiger partial charge is 0.391 e. The van der Waals surface area contributed by atoms with Crippen molar-refractivity contribution in [2.24, 2.45) is 34.5 Å². The summed E-state index contributed by atoms with van der Waals surface area (Å²) in [5.41, 5.74) is 0.493.